The minimum Gasteiger partial charge on any atom is -0.493 e. The zero-order valence-electron chi connectivity index (χ0n) is 19.8. The van der Waals surface area contributed by atoms with Gasteiger partial charge < -0.3 is 14.8 Å². The molecule has 5 heteroatoms. The van der Waals surface area contributed by atoms with Crippen molar-refractivity contribution >= 4 is 23.2 Å². The average molecular weight is 472 g/mol. The van der Waals surface area contributed by atoms with E-state index in [1.807, 2.05) is 54.6 Å². The smallest absolute Gasteiger partial charge is 0.162 e. The second kappa shape index (κ2) is 9.22. The summed E-state index contributed by atoms with van der Waals surface area (Å²) < 4.78 is 11.8. The Balaban J connectivity index is 1.52. The second-order valence-corrected chi connectivity index (χ2v) is 10.8. The van der Waals surface area contributed by atoms with Gasteiger partial charge in [-0.1, -0.05) is 62.4 Å². The summed E-state index contributed by atoms with van der Waals surface area (Å²) in [5.41, 5.74) is 5.04. The highest BCUT2D eigenvalue weighted by atomic mass is 32.2. The molecule has 3 aromatic carbocycles. The molecule has 0 spiro atoms. The van der Waals surface area contributed by atoms with Crippen molar-refractivity contribution in [2.75, 3.05) is 12.4 Å². The highest BCUT2D eigenvalue weighted by molar-refractivity contribution is 8.00. The summed E-state index contributed by atoms with van der Waals surface area (Å²) in [5.74, 6) is 1.58. The van der Waals surface area contributed by atoms with E-state index in [4.69, 9.17) is 9.47 Å². The number of anilines is 1. The van der Waals surface area contributed by atoms with Crippen LogP contribution in [-0.2, 0) is 11.4 Å². The number of fused-ring (bicyclic) bond motifs is 1. The molecule has 1 N–H and O–H groups in total. The fraction of sp³-hybridized carbons (Fsp3) is 0.276. The van der Waals surface area contributed by atoms with Crippen LogP contribution in [-0.4, -0.2) is 12.9 Å². The van der Waals surface area contributed by atoms with Crippen molar-refractivity contribution in [1.82, 2.24) is 0 Å². The molecule has 0 fully saturated rings. The molecule has 3 aromatic rings. The zero-order chi connectivity index (χ0) is 23.7. The van der Waals surface area contributed by atoms with Crippen LogP contribution in [0, 0.1) is 5.41 Å². The molecule has 0 saturated heterocycles. The summed E-state index contributed by atoms with van der Waals surface area (Å²) in [7, 11) is 1.66. The molecule has 1 aliphatic carbocycles. The molecule has 1 atom stereocenters. The highest BCUT2D eigenvalue weighted by Crippen LogP contribution is 2.52. The Morgan fingerprint density at radius 3 is 2.53 bits per heavy atom. The molecule has 1 aliphatic heterocycles. The van der Waals surface area contributed by atoms with E-state index in [2.05, 4.69) is 37.4 Å². The van der Waals surface area contributed by atoms with Crippen LogP contribution in [0.2, 0.25) is 0 Å². The first-order chi connectivity index (χ1) is 16.4. The Bertz CT molecular complexity index is 1250. The Morgan fingerprint density at radius 2 is 1.74 bits per heavy atom. The summed E-state index contributed by atoms with van der Waals surface area (Å²) in [6.45, 7) is 4.79. The van der Waals surface area contributed by atoms with Crippen molar-refractivity contribution in [3.8, 4) is 11.5 Å². The lowest BCUT2D eigenvalue weighted by Crippen LogP contribution is -2.29. The Labute approximate surface area is 205 Å². The van der Waals surface area contributed by atoms with Gasteiger partial charge in [0.15, 0.2) is 17.3 Å². The lowest BCUT2D eigenvalue weighted by atomic mass is 9.74. The van der Waals surface area contributed by atoms with E-state index in [1.165, 1.54) is 0 Å². The van der Waals surface area contributed by atoms with E-state index < -0.39 is 0 Å². The van der Waals surface area contributed by atoms with Crippen molar-refractivity contribution in [1.29, 1.82) is 0 Å². The lowest BCUT2D eigenvalue weighted by molar-refractivity contribution is -0.118. The van der Waals surface area contributed by atoms with Gasteiger partial charge in [0.25, 0.3) is 0 Å². The molecule has 4 nitrogen and oxygen atoms in total. The molecular formula is C29H29NO3S. The molecule has 174 valence electrons. The number of hydrogen-bond acceptors (Lipinski definition) is 5. The molecule has 0 bridgehead atoms. The number of thioether (sulfide) groups is 1. The van der Waals surface area contributed by atoms with Gasteiger partial charge in [0, 0.05) is 22.6 Å². The molecule has 5 rings (SSSR count). The van der Waals surface area contributed by atoms with Gasteiger partial charge in [0.2, 0.25) is 0 Å². The van der Waals surface area contributed by atoms with Crippen LogP contribution in [0.15, 0.2) is 89.0 Å². The molecule has 34 heavy (non-hydrogen) atoms. The number of rotatable bonds is 5. The van der Waals surface area contributed by atoms with Gasteiger partial charge in [0.05, 0.1) is 18.0 Å². The highest BCUT2D eigenvalue weighted by Gasteiger charge is 2.39. The quantitative estimate of drug-likeness (QED) is 0.427. The predicted molar refractivity (Wildman–Crippen MR) is 137 cm³/mol. The van der Waals surface area contributed by atoms with Gasteiger partial charge in [0.1, 0.15) is 6.61 Å². The van der Waals surface area contributed by atoms with E-state index in [1.54, 1.807) is 18.9 Å². The topological polar surface area (TPSA) is 47.6 Å². The maximum Gasteiger partial charge on any atom is 0.162 e. The van der Waals surface area contributed by atoms with Gasteiger partial charge >= 0.3 is 0 Å². The Hall–Kier alpha value is -3.18. The largest absolute Gasteiger partial charge is 0.493 e. The van der Waals surface area contributed by atoms with Crippen molar-refractivity contribution < 1.29 is 14.3 Å². The third-order valence-corrected chi connectivity index (χ3v) is 7.68. The normalized spacial score (nSPS) is 18.9. The molecule has 0 amide bonds. The van der Waals surface area contributed by atoms with Crippen LogP contribution in [0.1, 0.15) is 43.1 Å². The average Bonchev–Trinajstić information content (AvgIpc) is 2.99. The fourth-order valence-electron chi connectivity index (χ4n) is 4.71. The SMILES string of the molecule is COc1cc(C2Sc3ccccc3NC3=C2C(=O)CC(C)(C)C3)ccc1OCc1ccccc1. The molecule has 0 aromatic heterocycles. The van der Waals surface area contributed by atoms with Crippen molar-refractivity contribution in [3.05, 3.63) is 95.2 Å². The maximum atomic E-state index is 13.4. The first-order valence-electron chi connectivity index (χ1n) is 11.6. The monoisotopic (exact) mass is 471 g/mol. The number of Topliss-reactive ketones (excluding diaryl/α,β-unsaturated/α-hetero) is 1. The molecule has 0 saturated carbocycles. The zero-order valence-corrected chi connectivity index (χ0v) is 20.6. The summed E-state index contributed by atoms with van der Waals surface area (Å²) >= 11 is 1.72. The first-order valence-corrected chi connectivity index (χ1v) is 12.4. The fourth-order valence-corrected chi connectivity index (χ4v) is 6.04. The number of ether oxygens (including phenoxy) is 2. The first kappa shape index (κ1) is 22.6. The summed E-state index contributed by atoms with van der Waals surface area (Å²) in [4.78, 5) is 14.6. The third-order valence-electron chi connectivity index (χ3n) is 6.33. The standard InChI is InChI=1S/C29H29NO3S/c1-29(2)16-22-27(23(31)17-29)28(34-26-12-8-7-11-21(26)30-22)20-13-14-24(25(15-20)32-3)33-18-19-9-5-4-6-10-19/h4-15,28,30H,16-18H2,1-3H3. The van der Waals surface area contributed by atoms with Crippen LogP contribution < -0.4 is 14.8 Å². The van der Waals surface area contributed by atoms with Gasteiger partial charge in [-0.05, 0) is 47.2 Å². The number of nitrogens with one attached hydrogen (secondary N) is 1. The van der Waals surface area contributed by atoms with E-state index >= 15 is 0 Å². The predicted octanol–water partition coefficient (Wildman–Crippen LogP) is 7.18. The number of hydrogen-bond donors (Lipinski definition) is 1. The third kappa shape index (κ3) is 4.58. The number of carbonyl (C=O) groups is 1. The van der Waals surface area contributed by atoms with Crippen molar-refractivity contribution in [3.63, 3.8) is 0 Å². The molecule has 2 aliphatic rings. The number of allylic oxidation sites excluding steroid dienone is 1. The van der Waals surface area contributed by atoms with E-state index in [0.29, 0.717) is 24.5 Å². The Morgan fingerprint density at radius 1 is 0.971 bits per heavy atom. The summed E-state index contributed by atoms with van der Waals surface area (Å²) in [6.07, 6.45) is 1.39. The van der Waals surface area contributed by atoms with Crippen LogP contribution in [0.4, 0.5) is 5.69 Å². The molecular weight excluding hydrogens is 442 g/mol. The van der Waals surface area contributed by atoms with Crippen LogP contribution >= 0.6 is 11.8 Å². The Kier molecular flexibility index (Phi) is 6.13. The van der Waals surface area contributed by atoms with Crippen LogP contribution in [0.25, 0.3) is 0 Å². The van der Waals surface area contributed by atoms with Gasteiger partial charge in [-0.15, -0.1) is 11.8 Å². The van der Waals surface area contributed by atoms with Crippen molar-refractivity contribution in [2.24, 2.45) is 5.41 Å². The number of methoxy groups -OCH3 is 1. The molecule has 1 unspecified atom stereocenters. The maximum absolute atomic E-state index is 13.4. The lowest BCUT2D eigenvalue weighted by Gasteiger charge is -2.34. The minimum atomic E-state index is -0.119. The van der Waals surface area contributed by atoms with Gasteiger partial charge in [-0.25, -0.2) is 0 Å². The van der Waals surface area contributed by atoms with Crippen LogP contribution in [0.3, 0.4) is 0 Å². The second-order valence-electron chi connectivity index (χ2n) is 9.64. The number of carbonyl (C=O) groups excluding carboxylic acids is 1. The van der Waals surface area contributed by atoms with Gasteiger partial charge in [-0.2, -0.15) is 0 Å². The van der Waals surface area contributed by atoms with E-state index in [9.17, 15) is 4.79 Å². The molecule has 1 heterocycles. The summed E-state index contributed by atoms with van der Waals surface area (Å²) in [6, 6.07) is 24.4. The van der Waals surface area contributed by atoms with E-state index in [-0.39, 0.29) is 16.4 Å². The minimum absolute atomic E-state index is 0.0652. The number of benzene rings is 3. The number of ketones is 1. The molecule has 0 radical (unpaired) electrons. The van der Waals surface area contributed by atoms with Crippen molar-refractivity contribution in [2.45, 2.75) is 43.4 Å². The number of para-hydroxylation sites is 1. The van der Waals surface area contributed by atoms with E-state index in [0.717, 1.165) is 39.4 Å². The van der Waals surface area contributed by atoms with Gasteiger partial charge in [-0.3, -0.25) is 4.79 Å². The summed E-state index contributed by atoms with van der Waals surface area (Å²) in [5, 5.41) is 3.49. The van der Waals surface area contributed by atoms with Crippen LogP contribution in [0.5, 0.6) is 11.5 Å².